The first-order valence-corrected chi connectivity index (χ1v) is 9.69. The minimum Gasteiger partial charge on any atom is -0.493 e. The summed E-state index contributed by atoms with van der Waals surface area (Å²) < 4.78 is 75.3. The number of halogens is 5. The molecule has 0 fully saturated rings. The van der Waals surface area contributed by atoms with E-state index in [1.807, 2.05) is 0 Å². The lowest BCUT2D eigenvalue weighted by Gasteiger charge is -2.14. The van der Waals surface area contributed by atoms with Gasteiger partial charge in [-0.15, -0.1) is 0 Å². The van der Waals surface area contributed by atoms with Crippen LogP contribution in [0.2, 0.25) is 0 Å². The third-order valence-corrected chi connectivity index (χ3v) is 5.35. The van der Waals surface area contributed by atoms with E-state index >= 15 is 0 Å². The minimum atomic E-state index is -4.72. The molecule has 0 unspecified atom stereocenters. The van der Waals surface area contributed by atoms with Crippen molar-refractivity contribution in [1.82, 2.24) is 14.4 Å². The summed E-state index contributed by atoms with van der Waals surface area (Å²) in [6, 6.07) is 7.90. The fourth-order valence-corrected chi connectivity index (χ4v) is 3.87. The molecule has 0 saturated heterocycles. The highest BCUT2D eigenvalue weighted by Crippen LogP contribution is 2.37. The summed E-state index contributed by atoms with van der Waals surface area (Å²) in [6.07, 6.45) is -1.91. The van der Waals surface area contributed by atoms with E-state index in [9.17, 15) is 22.0 Å². The summed E-state index contributed by atoms with van der Waals surface area (Å²) in [5.41, 5.74) is 0.254. The lowest BCUT2D eigenvalue weighted by atomic mass is 10.0. The van der Waals surface area contributed by atoms with Crippen molar-refractivity contribution in [2.45, 2.75) is 19.1 Å². The van der Waals surface area contributed by atoms with Crippen LogP contribution in [0.5, 0.6) is 5.75 Å². The molecule has 1 N–H and O–H groups in total. The van der Waals surface area contributed by atoms with Crippen LogP contribution >= 0.6 is 0 Å². The van der Waals surface area contributed by atoms with Crippen molar-refractivity contribution >= 4 is 11.5 Å². The van der Waals surface area contributed by atoms with Crippen LogP contribution in [0.15, 0.2) is 48.9 Å². The molecule has 0 saturated carbocycles. The number of fused-ring (bicyclic) bond motifs is 2. The maximum absolute atomic E-state index is 14.4. The van der Waals surface area contributed by atoms with Crippen LogP contribution in [0, 0.1) is 11.6 Å². The van der Waals surface area contributed by atoms with Crippen molar-refractivity contribution in [2.24, 2.45) is 0 Å². The van der Waals surface area contributed by atoms with Gasteiger partial charge in [-0.1, -0.05) is 12.1 Å². The van der Waals surface area contributed by atoms with Crippen molar-refractivity contribution in [1.29, 1.82) is 0 Å². The largest absolute Gasteiger partial charge is 0.493 e. The van der Waals surface area contributed by atoms with Gasteiger partial charge in [0.2, 0.25) is 5.95 Å². The molecule has 0 aliphatic carbocycles. The molecule has 164 valence electrons. The lowest BCUT2D eigenvalue weighted by molar-refractivity contribution is -0.139. The molecular weight excluding hydrogens is 431 g/mol. The number of aromatic nitrogens is 3. The van der Waals surface area contributed by atoms with Gasteiger partial charge in [0.1, 0.15) is 23.7 Å². The molecule has 10 heteroatoms. The average Bonchev–Trinajstić information content (AvgIpc) is 3.41. The smallest absolute Gasteiger partial charge is 0.435 e. The van der Waals surface area contributed by atoms with Crippen LogP contribution < -0.4 is 10.1 Å². The van der Waals surface area contributed by atoms with Crippen molar-refractivity contribution in [2.75, 3.05) is 11.9 Å². The molecule has 0 radical (unpaired) electrons. The van der Waals surface area contributed by atoms with Gasteiger partial charge in [-0.2, -0.15) is 13.2 Å². The van der Waals surface area contributed by atoms with Crippen molar-refractivity contribution in [3.05, 3.63) is 77.4 Å². The predicted octanol–water partition coefficient (Wildman–Crippen LogP) is 5.24. The molecule has 3 heterocycles. The Labute approximate surface area is 178 Å². The molecule has 5 rings (SSSR count). The lowest BCUT2D eigenvalue weighted by Crippen LogP contribution is -2.11. The monoisotopic (exact) mass is 446 g/mol. The molecule has 0 amide bonds. The number of nitrogens with zero attached hydrogens (tertiary/aromatic N) is 3. The van der Waals surface area contributed by atoms with Gasteiger partial charge < -0.3 is 10.1 Å². The minimum absolute atomic E-state index is 0.00407. The summed E-state index contributed by atoms with van der Waals surface area (Å²) in [5, 5.41) is 2.92. The topological polar surface area (TPSA) is 51.5 Å². The van der Waals surface area contributed by atoms with E-state index in [-0.39, 0.29) is 23.6 Å². The fraction of sp³-hybridized carbons (Fsp3) is 0.182. The first-order chi connectivity index (χ1) is 15.3. The maximum atomic E-state index is 14.4. The van der Waals surface area contributed by atoms with Gasteiger partial charge in [-0.25, -0.2) is 18.7 Å². The van der Waals surface area contributed by atoms with E-state index in [0.717, 1.165) is 24.0 Å². The third-order valence-electron chi connectivity index (χ3n) is 5.35. The highest BCUT2D eigenvalue weighted by atomic mass is 19.4. The number of hydrogen-bond donors (Lipinski definition) is 1. The van der Waals surface area contributed by atoms with Crippen LogP contribution in [-0.4, -0.2) is 21.0 Å². The number of alkyl halides is 3. The average molecular weight is 446 g/mol. The van der Waals surface area contributed by atoms with E-state index in [2.05, 4.69) is 15.3 Å². The Morgan fingerprint density at radius 3 is 2.56 bits per heavy atom. The first kappa shape index (κ1) is 20.2. The van der Waals surface area contributed by atoms with E-state index in [1.54, 1.807) is 6.07 Å². The van der Waals surface area contributed by atoms with Crippen molar-refractivity contribution in [3.8, 4) is 16.9 Å². The predicted molar refractivity (Wildman–Crippen MR) is 106 cm³/mol. The molecule has 0 bridgehead atoms. The molecule has 32 heavy (non-hydrogen) atoms. The standard InChI is InChI=1S/C22H15F5N4O/c23-13-3-1-12(2-4-13)15-9-28-21(31-11-30-20(19(15)31)22(25,26)27)29-10-16-14-7-8-32-18(14)6-5-17(16)24/h1-6,9,11H,7-8,10H2,(H,28,29). The molecule has 2 aromatic carbocycles. The Morgan fingerprint density at radius 2 is 1.81 bits per heavy atom. The van der Waals surface area contributed by atoms with Crippen molar-refractivity contribution < 1.29 is 26.7 Å². The Morgan fingerprint density at radius 1 is 1.03 bits per heavy atom. The fourth-order valence-electron chi connectivity index (χ4n) is 3.87. The second-order valence-corrected chi connectivity index (χ2v) is 7.27. The summed E-state index contributed by atoms with van der Waals surface area (Å²) in [4.78, 5) is 7.79. The SMILES string of the molecule is Fc1ccc(-c2cnc(NCc3c(F)ccc4c3CCO4)n3cnc(C(F)(F)F)c23)cc1. The van der Waals surface area contributed by atoms with Crippen LogP contribution in [0.3, 0.4) is 0 Å². The molecule has 5 nitrogen and oxygen atoms in total. The second-order valence-electron chi connectivity index (χ2n) is 7.27. The third kappa shape index (κ3) is 3.41. The number of benzene rings is 2. The van der Waals surface area contributed by atoms with Gasteiger partial charge in [-0.05, 0) is 29.8 Å². The normalized spacial score (nSPS) is 13.3. The number of hydrogen-bond acceptors (Lipinski definition) is 4. The van der Waals surface area contributed by atoms with Crippen LogP contribution in [0.25, 0.3) is 16.6 Å². The zero-order valence-corrected chi connectivity index (χ0v) is 16.4. The van der Waals surface area contributed by atoms with Crippen LogP contribution in [0.4, 0.5) is 27.9 Å². The summed E-state index contributed by atoms with van der Waals surface area (Å²) in [5.74, 6) is -0.302. The summed E-state index contributed by atoms with van der Waals surface area (Å²) in [7, 11) is 0. The molecule has 1 aliphatic heterocycles. The van der Waals surface area contributed by atoms with Gasteiger partial charge in [0.25, 0.3) is 0 Å². The zero-order chi connectivity index (χ0) is 22.5. The molecule has 4 aromatic rings. The highest BCUT2D eigenvalue weighted by molar-refractivity contribution is 5.83. The zero-order valence-electron chi connectivity index (χ0n) is 16.4. The quantitative estimate of drug-likeness (QED) is 0.436. The second kappa shape index (κ2) is 7.47. The summed E-state index contributed by atoms with van der Waals surface area (Å²) >= 11 is 0. The van der Waals surface area contributed by atoms with E-state index in [4.69, 9.17) is 4.74 Å². The Balaban J connectivity index is 1.59. The highest BCUT2D eigenvalue weighted by Gasteiger charge is 2.37. The molecular formula is C22H15F5N4O. The Kier molecular flexibility index (Phi) is 4.72. The van der Waals surface area contributed by atoms with E-state index in [1.165, 1.54) is 28.8 Å². The maximum Gasteiger partial charge on any atom is 0.435 e. The number of rotatable bonds is 4. The van der Waals surface area contributed by atoms with Gasteiger partial charge in [0.15, 0.2) is 5.69 Å². The van der Waals surface area contributed by atoms with Gasteiger partial charge in [0, 0.05) is 35.9 Å². The van der Waals surface area contributed by atoms with Crippen LogP contribution in [-0.2, 0) is 19.1 Å². The number of nitrogens with one attached hydrogen (secondary N) is 1. The number of ether oxygens (including phenoxy) is 1. The summed E-state index contributed by atoms with van der Waals surface area (Å²) in [6.45, 7) is 0.438. The molecule has 0 spiro atoms. The van der Waals surface area contributed by atoms with E-state index < -0.39 is 23.5 Å². The first-order valence-electron chi connectivity index (χ1n) is 9.69. The van der Waals surface area contributed by atoms with Crippen molar-refractivity contribution in [3.63, 3.8) is 0 Å². The molecule has 0 atom stereocenters. The van der Waals surface area contributed by atoms with Crippen LogP contribution in [0.1, 0.15) is 16.8 Å². The number of anilines is 1. The van der Waals surface area contributed by atoms with E-state index in [0.29, 0.717) is 29.9 Å². The Bertz CT molecular complexity index is 1310. The van der Waals surface area contributed by atoms with Gasteiger partial charge >= 0.3 is 6.18 Å². The van der Waals surface area contributed by atoms with Gasteiger partial charge in [-0.3, -0.25) is 4.40 Å². The molecule has 2 aromatic heterocycles. The number of imidazole rings is 1. The Hall–Kier alpha value is -3.69. The molecule has 1 aliphatic rings. The van der Waals surface area contributed by atoms with Gasteiger partial charge in [0.05, 0.1) is 12.1 Å².